The fraction of sp³-hybridized carbons (Fsp3) is 1.00. The Bertz CT molecular complexity index is 54.9. The quantitative estimate of drug-likeness (QED) is 0.657. The van der Waals surface area contributed by atoms with Gasteiger partial charge < -0.3 is 5.73 Å². The molecule has 2 N–H and O–H groups in total. The summed E-state index contributed by atoms with van der Waals surface area (Å²) < 4.78 is 0. The molecule has 2 heteroatoms. The van der Waals surface area contributed by atoms with E-state index in [1.165, 1.54) is 0 Å². The number of hydrogen-bond acceptors (Lipinski definition) is 1. The van der Waals surface area contributed by atoms with Crippen molar-refractivity contribution in [2.45, 2.75) is 27.2 Å². The van der Waals surface area contributed by atoms with Gasteiger partial charge >= 0.3 is 0 Å². The molecule has 0 aromatic heterocycles. The van der Waals surface area contributed by atoms with Crippen LogP contribution in [-0.4, -0.2) is 6.54 Å². The van der Waals surface area contributed by atoms with Crippen molar-refractivity contribution in [1.82, 2.24) is 0 Å². The maximum absolute atomic E-state index is 5.37. The van der Waals surface area contributed by atoms with Gasteiger partial charge in [-0.05, 0) is 24.8 Å². The van der Waals surface area contributed by atoms with Gasteiger partial charge in [-0.1, -0.05) is 20.8 Å². The summed E-state index contributed by atoms with van der Waals surface area (Å²) in [6, 6.07) is 0. The third-order valence-corrected chi connectivity index (χ3v) is 1.76. The van der Waals surface area contributed by atoms with Gasteiger partial charge in [0.15, 0.2) is 0 Å². The summed E-state index contributed by atoms with van der Waals surface area (Å²) in [5.74, 6) is 1.58. The number of nitrogens with two attached hydrogens (primary N) is 1. The molecule has 0 aliphatic rings. The second-order valence-electron chi connectivity index (χ2n) is 2.80. The van der Waals surface area contributed by atoms with Crippen molar-refractivity contribution in [1.29, 1.82) is 0 Å². The fourth-order valence-corrected chi connectivity index (χ4v) is 0.596. The van der Waals surface area contributed by atoms with Gasteiger partial charge in [0.05, 0.1) is 0 Å². The molecule has 9 heavy (non-hydrogen) atoms. The lowest BCUT2D eigenvalue weighted by molar-refractivity contribution is 0.397. The van der Waals surface area contributed by atoms with E-state index in [4.69, 9.17) is 5.73 Å². The molecule has 0 saturated carbocycles. The van der Waals surface area contributed by atoms with Crippen LogP contribution in [0.5, 0.6) is 0 Å². The van der Waals surface area contributed by atoms with Crippen LogP contribution in [0.15, 0.2) is 0 Å². The van der Waals surface area contributed by atoms with Gasteiger partial charge in [-0.2, -0.15) is 0 Å². The zero-order valence-electron chi connectivity index (χ0n) is 6.55. The van der Waals surface area contributed by atoms with Gasteiger partial charge in [-0.3, -0.25) is 0 Å². The average molecular weight is 152 g/mol. The second kappa shape index (κ2) is 6.37. The van der Waals surface area contributed by atoms with Crippen molar-refractivity contribution >= 4 is 12.4 Å². The van der Waals surface area contributed by atoms with Crippen LogP contribution in [0.2, 0.25) is 0 Å². The van der Waals surface area contributed by atoms with Gasteiger partial charge in [0.25, 0.3) is 0 Å². The van der Waals surface area contributed by atoms with Crippen molar-refractivity contribution in [3.05, 3.63) is 0 Å². The molecule has 1 atom stereocenters. The summed E-state index contributed by atoms with van der Waals surface area (Å²) in [5.41, 5.74) is 5.37. The maximum atomic E-state index is 5.37. The van der Waals surface area contributed by atoms with Crippen molar-refractivity contribution in [3.8, 4) is 0 Å². The molecule has 0 rings (SSSR count). The molecule has 0 heterocycles. The topological polar surface area (TPSA) is 26.0 Å². The third-order valence-electron chi connectivity index (χ3n) is 1.76. The summed E-state index contributed by atoms with van der Waals surface area (Å²) in [6.45, 7) is 7.55. The van der Waals surface area contributed by atoms with E-state index in [9.17, 15) is 0 Å². The largest absolute Gasteiger partial charge is 0.330 e. The summed E-state index contributed by atoms with van der Waals surface area (Å²) >= 11 is 0. The van der Waals surface area contributed by atoms with Crippen LogP contribution in [0, 0.1) is 11.8 Å². The van der Waals surface area contributed by atoms with Gasteiger partial charge in [0.1, 0.15) is 0 Å². The highest BCUT2D eigenvalue weighted by molar-refractivity contribution is 5.85. The van der Waals surface area contributed by atoms with E-state index in [1.807, 2.05) is 0 Å². The Kier molecular flexibility index (Phi) is 8.48. The van der Waals surface area contributed by atoms with E-state index < -0.39 is 0 Å². The molecule has 0 radical (unpaired) electrons. The molecule has 0 amide bonds. The Balaban J connectivity index is 0. The summed E-state index contributed by atoms with van der Waals surface area (Å²) in [7, 11) is 0. The molecule has 0 spiro atoms. The van der Waals surface area contributed by atoms with Crippen LogP contribution < -0.4 is 5.73 Å². The highest BCUT2D eigenvalue weighted by Crippen LogP contribution is 2.11. The Morgan fingerprint density at radius 3 is 1.78 bits per heavy atom. The zero-order valence-corrected chi connectivity index (χ0v) is 7.37. The first-order valence-electron chi connectivity index (χ1n) is 3.38. The second-order valence-corrected chi connectivity index (χ2v) is 2.80. The minimum Gasteiger partial charge on any atom is -0.330 e. The maximum Gasteiger partial charge on any atom is -0.00746 e. The fourth-order valence-electron chi connectivity index (χ4n) is 0.596. The van der Waals surface area contributed by atoms with Crippen molar-refractivity contribution in [2.75, 3.05) is 6.54 Å². The molecule has 0 saturated heterocycles. The van der Waals surface area contributed by atoms with Crippen LogP contribution in [-0.2, 0) is 0 Å². The molecule has 1 nitrogen and oxygen atoms in total. The number of halogens is 1. The Hall–Kier alpha value is 0.250. The molecule has 0 aromatic carbocycles. The van der Waals surface area contributed by atoms with Gasteiger partial charge in [-0.15, -0.1) is 12.4 Å². The molecule has 0 aromatic rings. The number of hydrogen-bond donors (Lipinski definition) is 1. The van der Waals surface area contributed by atoms with Gasteiger partial charge in [0, 0.05) is 0 Å². The molecule has 1 unspecified atom stereocenters. The third kappa shape index (κ3) is 6.13. The average Bonchev–Trinajstić information content (AvgIpc) is 1.67. The van der Waals surface area contributed by atoms with Crippen LogP contribution >= 0.6 is 12.4 Å². The predicted molar refractivity (Wildman–Crippen MR) is 44.9 cm³/mol. The van der Waals surface area contributed by atoms with Crippen LogP contribution in [0.1, 0.15) is 27.2 Å². The summed E-state index contributed by atoms with van der Waals surface area (Å²) in [6.07, 6.45) is 1.16. The molecule has 0 aliphatic heterocycles. The van der Waals surface area contributed by atoms with Crippen LogP contribution in [0.3, 0.4) is 0 Å². The Labute approximate surface area is 64.4 Å². The molecular formula is C7H18ClN. The number of rotatable bonds is 3. The Morgan fingerprint density at radius 2 is 1.67 bits per heavy atom. The molecule has 0 bridgehead atoms. The highest BCUT2D eigenvalue weighted by atomic mass is 35.5. The van der Waals surface area contributed by atoms with Crippen molar-refractivity contribution in [3.63, 3.8) is 0 Å². The molecular weight excluding hydrogens is 134 g/mol. The minimum absolute atomic E-state index is 0. The first kappa shape index (κ1) is 12.0. The lowest BCUT2D eigenvalue weighted by Gasteiger charge is -2.12. The van der Waals surface area contributed by atoms with Crippen LogP contribution in [0.4, 0.5) is 0 Å². The standard InChI is InChI=1S/C7H17N.ClH/c1-6(2)7(3)4-5-8;/h6-7H,4-5,8H2,1-3H3;1H. The smallest absolute Gasteiger partial charge is 0.00746 e. The summed E-state index contributed by atoms with van der Waals surface area (Å²) in [5, 5.41) is 0. The molecule has 0 fully saturated rings. The normalized spacial score (nSPS) is 13.0. The molecule has 58 valence electrons. The lowest BCUT2D eigenvalue weighted by Crippen LogP contribution is -2.10. The molecule has 0 aliphatic carbocycles. The zero-order chi connectivity index (χ0) is 6.57. The monoisotopic (exact) mass is 151 g/mol. The van der Waals surface area contributed by atoms with E-state index >= 15 is 0 Å². The highest BCUT2D eigenvalue weighted by Gasteiger charge is 2.03. The first-order valence-corrected chi connectivity index (χ1v) is 3.38. The van der Waals surface area contributed by atoms with E-state index in [0.717, 1.165) is 24.8 Å². The van der Waals surface area contributed by atoms with E-state index in [1.54, 1.807) is 0 Å². The van der Waals surface area contributed by atoms with Crippen LogP contribution in [0.25, 0.3) is 0 Å². The van der Waals surface area contributed by atoms with Crippen molar-refractivity contribution < 1.29 is 0 Å². The van der Waals surface area contributed by atoms with Gasteiger partial charge in [0.2, 0.25) is 0 Å². The Morgan fingerprint density at radius 1 is 1.22 bits per heavy atom. The minimum atomic E-state index is 0. The SMILES string of the molecule is CC(C)C(C)CCN.Cl. The van der Waals surface area contributed by atoms with Gasteiger partial charge in [-0.25, -0.2) is 0 Å². The first-order chi connectivity index (χ1) is 3.68. The lowest BCUT2D eigenvalue weighted by atomic mass is 9.95. The predicted octanol–water partition coefficient (Wildman–Crippen LogP) is 2.05. The van der Waals surface area contributed by atoms with E-state index in [-0.39, 0.29) is 12.4 Å². The van der Waals surface area contributed by atoms with E-state index in [2.05, 4.69) is 20.8 Å². The summed E-state index contributed by atoms with van der Waals surface area (Å²) in [4.78, 5) is 0. The van der Waals surface area contributed by atoms with E-state index in [0.29, 0.717) is 0 Å². The van der Waals surface area contributed by atoms with Crippen molar-refractivity contribution in [2.24, 2.45) is 17.6 Å².